The molecule has 0 unspecified atom stereocenters. The molecule has 1 aliphatic rings. The Balaban J connectivity index is 1.22. The molecule has 300 valence electrons. The van der Waals surface area contributed by atoms with E-state index in [0.29, 0.717) is 0 Å². The minimum absolute atomic E-state index is 0.251. The molecule has 0 radical (unpaired) electrons. The summed E-state index contributed by atoms with van der Waals surface area (Å²) in [6.45, 7) is 4.33. The molecule has 3 heterocycles. The first-order chi connectivity index (χ1) is 31.0. The van der Waals surface area contributed by atoms with Gasteiger partial charge in [0.05, 0.1) is 22.4 Å². The molecule has 0 saturated carbocycles. The second-order valence-electron chi connectivity index (χ2n) is 16.7. The van der Waals surface area contributed by atoms with Crippen molar-refractivity contribution < 1.29 is 9.52 Å². The van der Waals surface area contributed by atoms with E-state index in [-0.39, 0.29) is 5.75 Å². The number of hydrogen-bond donors (Lipinski definition) is 1. The number of aromatic hydroxyl groups is 1. The van der Waals surface area contributed by atoms with Gasteiger partial charge in [0.15, 0.2) is 5.82 Å². The van der Waals surface area contributed by atoms with Crippen LogP contribution < -0.4 is 0 Å². The van der Waals surface area contributed by atoms with Gasteiger partial charge in [-0.15, -0.1) is 0 Å². The van der Waals surface area contributed by atoms with Crippen molar-refractivity contribution in [3.8, 4) is 78.7 Å². The lowest BCUT2D eigenvalue weighted by Gasteiger charge is -2.21. The molecule has 0 fully saturated rings. The van der Waals surface area contributed by atoms with Crippen molar-refractivity contribution in [3.05, 3.63) is 204 Å². The Kier molecular flexibility index (Phi) is 8.51. The highest BCUT2D eigenvalue weighted by Gasteiger charge is 2.28. The second kappa shape index (κ2) is 14.6. The Morgan fingerprint density at radius 3 is 1.92 bits per heavy atom. The number of aromatic nitrogens is 3. The number of pyridine rings is 1. The normalized spacial score (nSPS) is 12.2. The number of phenolic OH excluding ortho intramolecular Hbond substituents is 1. The van der Waals surface area contributed by atoms with Gasteiger partial charge in [0, 0.05) is 21.9 Å². The molecule has 63 heavy (non-hydrogen) atoms. The van der Waals surface area contributed by atoms with Gasteiger partial charge in [-0.25, -0.2) is 9.97 Å². The summed E-state index contributed by atoms with van der Waals surface area (Å²) in [5, 5.41) is 13.4. The van der Waals surface area contributed by atoms with Crippen molar-refractivity contribution in [1.82, 2.24) is 14.5 Å². The zero-order chi connectivity index (χ0) is 42.2. The Bertz CT molecular complexity index is 3520. The van der Waals surface area contributed by atoms with Gasteiger partial charge in [0.2, 0.25) is 0 Å². The maximum Gasteiger partial charge on any atom is 0.164 e. The molecule has 5 nitrogen and oxygen atoms in total. The highest BCUT2D eigenvalue weighted by Crippen LogP contribution is 2.49. The summed E-state index contributed by atoms with van der Waals surface area (Å²) in [6, 6.07) is 63.9. The molecule has 0 amide bonds. The smallest absolute Gasteiger partial charge is 0.164 e. The number of para-hydroxylation sites is 2. The highest BCUT2D eigenvalue weighted by molar-refractivity contribution is 6.11. The Labute approximate surface area is 365 Å². The summed E-state index contributed by atoms with van der Waals surface area (Å²) in [6.07, 6.45) is 1.71. The van der Waals surface area contributed by atoms with Gasteiger partial charge in [-0.05, 0) is 124 Å². The molecule has 1 aliphatic carbocycles. The van der Waals surface area contributed by atoms with Crippen LogP contribution in [0.4, 0.5) is 0 Å². The summed E-state index contributed by atoms with van der Waals surface area (Å²) >= 11 is 0. The molecule has 0 atom stereocenters. The maximum atomic E-state index is 11.2. The van der Waals surface area contributed by atoms with Gasteiger partial charge in [0.25, 0.3) is 0 Å². The van der Waals surface area contributed by atoms with Crippen molar-refractivity contribution in [1.29, 1.82) is 0 Å². The van der Waals surface area contributed by atoms with Crippen LogP contribution in [-0.2, 0) is 12.8 Å². The molecule has 0 aliphatic heterocycles. The lowest BCUT2D eigenvalue weighted by atomic mass is 9.84. The fourth-order valence-corrected chi connectivity index (χ4v) is 10.0. The van der Waals surface area contributed by atoms with Gasteiger partial charge in [-0.3, -0.25) is 4.57 Å². The van der Waals surface area contributed by atoms with Gasteiger partial charge < -0.3 is 9.52 Å². The zero-order valence-corrected chi connectivity index (χ0v) is 34.9. The minimum atomic E-state index is 0.251. The average molecular weight is 812 g/mol. The number of fused-ring (bicyclic) bond motifs is 7. The lowest BCUT2D eigenvalue weighted by Crippen LogP contribution is -2.08. The summed E-state index contributed by atoms with van der Waals surface area (Å²) < 4.78 is 8.90. The maximum absolute atomic E-state index is 11.2. The number of rotatable bonds is 6. The molecule has 0 spiro atoms. The van der Waals surface area contributed by atoms with E-state index >= 15 is 0 Å². The fourth-order valence-electron chi connectivity index (χ4n) is 10.0. The molecule has 0 saturated heterocycles. The number of furan rings is 1. The van der Waals surface area contributed by atoms with Gasteiger partial charge in [-0.1, -0.05) is 146 Å². The largest absolute Gasteiger partial charge is 0.507 e. The molecular formula is C58H41N3O2. The lowest BCUT2D eigenvalue weighted by molar-refractivity contribution is 0.476. The van der Waals surface area contributed by atoms with E-state index in [2.05, 4.69) is 176 Å². The molecule has 8 aromatic carbocycles. The predicted octanol–water partition coefficient (Wildman–Crippen LogP) is 14.7. The monoisotopic (exact) mass is 811 g/mol. The predicted molar refractivity (Wildman–Crippen MR) is 257 cm³/mol. The number of benzene rings is 8. The second-order valence-corrected chi connectivity index (χ2v) is 16.7. The summed E-state index contributed by atoms with van der Waals surface area (Å²) in [4.78, 5) is 11.2. The van der Waals surface area contributed by atoms with Crippen LogP contribution in [0.15, 0.2) is 186 Å². The first kappa shape index (κ1) is 36.8. The number of imidazole rings is 1. The van der Waals surface area contributed by atoms with Crippen LogP contribution in [0.1, 0.15) is 22.3 Å². The van der Waals surface area contributed by atoms with Crippen LogP contribution in [0.3, 0.4) is 0 Å². The Morgan fingerprint density at radius 1 is 0.492 bits per heavy atom. The third-order valence-electron chi connectivity index (χ3n) is 12.9. The third kappa shape index (κ3) is 5.92. The number of nitrogens with zero attached hydrogens (tertiary/aromatic N) is 3. The standard InChI is InChI=1S/C58H41N3O2/c1-35-14-11-15-36(2)57(35)61-48-33-31-46(54-42(37-16-5-3-6-17-37)22-13-23-43(54)38-18-7-4-8-19-38)52(41-28-30-45-44-21-9-10-25-50(44)63-51(45)34-41)56(48)60-58(61)47-32-29-40-27-26-39-20-12-24-49(62)53(39)55(40)59-47/h3-25,28-34,62H,26-27H2,1-2H3. The van der Waals surface area contributed by atoms with E-state index in [1.54, 1.807) is 6.07 Å². The number of phenols is 1. The molecule has 12 rings (SSSR count). The van der Waals surface area contributed by atoms with Crippen LogP contribution >= 0.6 is 0 Å². The van der Waals surface area contributed by atoms with E-state index in [0.717, 1.165) is 141 Å². The molecule has 0 bridgehead atoms. The quantitative estimate of drug-likeness (QED) is 0.182. The van der Waals surface area contributed by atoms with E-state index in [9.17, 15) is 5.11 Å². The van der Waals surface area contributed by atoms with Crippen molar-refractivity contribution in [2.75, 3.05) is 0 Å². The van der Waals surface area contributed by atoms with Crippen LogP contribution in [0.25, 0.3) is 106 Å². The molecule has 1 N–H and O–H groups in total. The van der Waals surface area contributed by atoms with Crippen LogP contribution in [0.5, 0.6) is 5.75 Å². The molecule has 5 heteroatoms. The third-order valence-corrected chi connectivity index (χ3v) is 12.9. The van der Waals surface area contributed by atoms with E-state index < -0.39 is 0 Å². The minimum Gasteiger partial charge on any atom is -0.507 e. The fraction of sp³-hybridized carbons (Fsp3) is 0.0690. The van der Waals surface area contributed by atoms with Crippen molar-refractivity contribution >= 4 is 33.0 Å². The van der Waals surface area contributed by atoms with E-state index in [4.69, 9.17) is 14.4 Å². The summed E-state index contributed by atoms with van der Waals surface area (Å²) in [5.74, 6) is 0.983. The molecule has 11 aromatic rings. The van der Waals surface area contributed by atoms with E-state index in [1.807, 2.05) is 18.2 Å². The first-order valence-electron chi connectivity index (χ1n) is 21.6. The van der Waals surface area contributed by atoms with Gasteiger partial charge in [0.1, 0.15) is 22.6 Å². The summed E-state index contributed by atoms with van der Waals surface area (Å²) in [5.41, 5.74) is 20.1. The van der Waals surface area contributed by atoms with Crippen LogP contribution in [0, 0.1) is 13.8 Å². The highest BCUT2D eigenvalue weighted by atomic mass is 16.3. The van der Waals surface area contributed by atoms with Gasteiger partial charge in [-0.2, -0.15) is 0 Å². The number of aryl methyl sites for hydroxylation is 4. The Hall–Kier alpha value is -8.02. The van der Waals surface area contributed by atoms with Gasteiger partial charge >= 0.3 is 0 Å². The first-order valence-corrected chi connectivity index (χ1v) is 21.6. The molecular weight excluding hydrogens is 771 g/mol. The summed E-state index contributed by atoms with van der Waals surface area (Å²) in [7, 11) is 0. The average Bonchev–Trinajstić information content (AvgIpc) is 3.90. The Morgan fingerprint density at radius 2 is 1.16 bits per heavy atom. The van der Waals surface area contributed by atoms with E-state index in [1.165, 1.54) is 0 Å². The van der Waals surface area contributed by atoms with Crippen molar-refractivity contribution in [2.45, 2.75) is 26.7 Å². The zero-order valence-electron chi connectivity index (χ0n) is 34.9. The van der Waals surface area contributed by atoms with Crippen molar-refractivity contribution in [2.24, 2.45) is 0 Å². The van der Waals surface area contributed by atoms with Crippen molar-refractivity contribution in [3.63, 3.8) is 0 Å². The molecule has 3 aromatic heterocycles. The van der Waals surface area contributed by atoms with Crippen LogP contribution in [0.2, 0.25) is 0 Å². The topological polar surface area (TPSA) is 64.1 Å². The SMILES string of the molecule is Cc1cccc(C)c1-n1c(-c2ccc3c(n2)-c2c(O)cccc2CC3)nc2c(-c3ccc4c(c3)oc3ccccc34)c(-c3c(-c4ccccc4)cccc3-c3ccccc3)ccc21. The number of hydrogen-bond acceptors (Lipinski definition) is 4. The van der Waals surface area contributed by atoms with Crippen LogP contribution in [-0.4, -0.2) is 19.6 Å².